The van der Waals surface area contributed by atoms with Crippen molar-refractivity contribution in [1.82, 2.24) is 9.80 Å². The van der Waals surface area contributed by atoms with Crippen molar-refractivity contribution in [2.24, 2.45) is 5.41 Å². The molecule has 1 aliphatic heterocycles. The van der Waals surface area contributed by atoms with Crippen LogP contribution in [-0.4, -0.2) is 48.8 Å². The van der Waals surface area contributed by atoms with E-state index in [4.69, 9.17) is 0 Å². The Kier molecular flexibility index (Phi) is 6.73. The van der Waals surface area contributed by atoms with Crippen LogP contribution in [0, 0.1) is 5.41 Å². The van der Waals surface area contributed by atoms with Gasteiger partial charge in [0.15, 0.2) is 0 Å². The standard InChI is InChI=1S/C25H32N2O2/c1-4-11-23(28)27-17-10-16-25(19-27,24(29)26(2)3)18-21-14-8-9-15-22(21)20-12-6-5-7-13-20/h5-9,12-15H,4,10-11,16-19H2,1-3H3/t25-/m1/s1. The Morgan fingerprint density at radius 1 is 1.03 bits per heavy atom. The van der Waals surface area contributed by atoms with Gasteiger partial charge in [-0.25, -0.2) is 0 Å². The topological polar surface area (TPSA) is 40.6 Å². The molecule has 1 aliphatic rings. The van der Waals surface area contributed by atoms with Gasteiger partial charge >= 0.3 is 0 Å². The third kappa shape index (κ3) is 4.69. The number of rotatable bonds is 6. The van der Waals surface area contributed by atoms with Crippen LogP contribution in [0.4, 0.5) is 0 Å². The molecule has 0 aliphatic carbocycles. The minimum absolute atomic E-state index is 0.120. The SMILES string of the molecule is CCCC(=O)N1CCC[C@](Cc2ccccc2-c2ccccc2)(C(=O)N(C)C)C1. The van der Waals surface area contributed by atoms with Crippen molar-refractivity contribution >= 4 is 11.8 Å². The van der Waals surface area contributed by atoms with E-state index in [0.29, 0.717) is 19.4 Å². The van der Waals surface area contributed by atoms with Crippen LogP contribution in [0.2, 0.25) is 0 Å². The zero-order valence-corrected chi connectivity index (χ0v) is 17.9. The maximum atomic E-state index is 13.4. The van der Waals surface area contributed by atoms with Gasteiger partial charge in [-0.05, 0) is 42.4 Å². The monoisotopic (exact) mass is 392 g/mol. The molecule has 1 heterocycles. The molecule has 2 amide bonds. The van der Waals surface area contributed by atoms with Gasteiger partial charge in [0, 0.05) is 33.6 Å². The maximum absolute atomic E-state index is 13.4. The second-order valence-corrected chi connectivity index (χ2v) is 8.35. The molecule has 0 bridgehead atoms. The zero-order valence-electron chi connectivity index (χ0n) is 17.9. The van der Waals surface area contributed by atoms with Crippen molar-refractivity contribution < 1.29 is 9.59 Å². The lowest BCUT2D eigenvalue weighted by atomic mass is 9.72. The number of carbonyl (C=O) groups is 2. The summed E-state index contributed by atoms with van der Waals surface area (Å²) in [6, 6.07) is 18.6. The Balaban J connectivity index is 1.98. The first-order valence-corrected chi connectivity index (χ1v) is 10.6. The molecule has 0 saturated carbocycles. The van der Waals surface area contributed by atoms with Gasteiger partial charge in [-0.2, -0.15) is 0 Å². The molecule has 0 aromatic heterocycles. The van der Waals surface area contributed by atoms with Crippen molar-refractivity contribution in [3.05, 3.63) is 60.2 Å². The fraction of sp³-hybridized carbons (Fsp3) is 0.440. The number of amides is 2. The number of benzene rings is 2. The average molecular weight is 393 g/mol. The average Bonchev–Trinajstić information content (AvgIpc) is 2.74. The van der Waals surface area contributed by atoms with Crippen molar-refractivity contribution in [2.75, 3.05) is 27.2 Å². The third-order valence-electron chi connectivity index (χ3n) is 5.88. The summed E-state index contributed by atoms with van der Waals surface area (Å²) >= 11 is 0. The van der Waals surface area contributed by atoms with Crippen molar-refractivity contribution in [3.63, 3.8) is 0 Å². The lowest BCUT2D eigenvalue weighted by Crippen LogP contribution is -2.54. The molecule has 0 N–H and O–H groups in total. The van der Waals surface area contributed by atoms with Crippen molar-refractivity contribution in [2.45, 2.75) is 39.0 Å². The first-order valence-electron chi connectivity index (χ1n) is 10.6. The molecule has 3 rings (SSSR count). The van der Waals surface area contributed by atoms with Gasteiger partial charge in [-0.1, -0.05) is 61.5 Å². The Morgan fingerprint density at radius 2 is 1.72 bits per heavy atom. The number of carbonyl (C=O) groups excluding carboxylic acids is 2. The Hall–Kier alpha value is -2.62. The lowest BCUT2D eigenvalue weighted by Gasteiger charge is -2.43. The first kappa shape index (κ1) is 21.1. The van der Waals surface area contributed by atoms with Crippen LogP contribution < -0.4 is 0 Å². The minimum Gasteiger partial charge on any atom is -0.348 e. The van der Waals surface area contributed by atoms with E-state index < -0.39 is 5.41 Å². The highest BCUT2D eigenvalue weighted by molar-refractivity contribution is 5.85. The quantitative estimate of drug-likeness (QED) is 0.731. The molecular weight excluding hydrogens is 360 g/mol. The number of hydrogen-bond donors (Lipinski definition) is 0. The summed E-state index contributed by atoms with van der Waals surface area (Å²) in [7, 11) is 3.64. The van der Waals surface area contributed by atoms with Crippen LogP contribution >= 0.6 is 0 Å². The van der Waals surface area contributed by atoms with E-state index in [1.54, 1.807) is 4.90 Å². The van der Waals surface area contributed by atoms with Crippen LogP contribution in [0.1, 0.15) is 38.2 Å². The summed E-state index contributed by atoms with van der Waals surface area (Å²) < 4.78 is 0. The number of likely N-dealkylation sites (tertiary alicyclic amines) is 1. The molecule has 2 aromatic carbocycles. The van der Waals surface area contributed by atoms with Crippen LogP contribution in [0.3, 0.4) is 0 Å². The highest BCUT2D eigenvalue weighted by Gasteiger charge is 2.44. The minimum atomic E-state index is -0.573. The molecule has 0 radical (unpaired) electrons. The fourth-order valence-electron chi connectivity index (χ4n) is 4.52. The van der Waals surface area contributed by atoms with E-state index in [2.05, 4.69) is 24.3 Å². The van der Waals surface area contributed by atoms with Crippen LogP contribution in [-0.2, 0) is 16.0 Å². The van der Waals surface area contributed by atoms with Crippen LogP contribution in [0.5, 0.6) is 0 Å². The van der Waals surface area contributed by atoms with Crippen LogP contribution in [0.25, 0.3) is 11.1 Å². The second-order valence-electron chi connectivity index (χ2n) is 8.35. The molecule has 2 aromatic rings. The summed E-state index contributed by atoms with van der Waals surface area (Å²) in [4.78, 5) is 29.6. The van der Waals surface area contributed by atoms with E-state index >= 15 is 0 Å². The fourth-order valence-corrected chi connectivity index (χ4v) is 4.52. The van der Waals surface area contributed by atoms with E-state index in [0.717, 1.165) is 36.9 Å². The van der Waals surface area contributed by atoms with Gasteiger partial charge in [0.1, 0.15) is 0 Å². The van der Waals surface area contributed by atoms with E-state index in [-0.39, 0.29) is 11.8 Å². The van der Waals surface area contributed by atoms with Crippen molar-refractivity contribution in [1.29, 1.82) is 0 Å². The highest BCUT2D eigenvalue weighted by atomic mass is 16.2. The molecule has 154 valence electrons. The summed E-state index contributed by atoms with van der Waals surface area (Å²) in [5.74, 6) is 0.286. The third-order valence-corrected chi connectivity index (χ3v) is 5.88. The molecule has 0 spiro atoms. The smallest absolute Gasteiger partial charge is 0.230 e. The Bertz CT molecular complexity index is 847. The number of hydrogen-bond acceptors (Lipinski definition) is 2. The lowest BCUT2D eigenvalue weighted by molar-refractivity contribution is -0.147. The molecular formula is C25H32N2O2. The predicted molar refractivity (Wildman–Crippen MR) is 117 cm³/mol. The van der Waals surface area contributed by atoms with Gasteiger partial charge in [-0.3, -0.25) is 9.59 Å². The van der Waals surface area contributed by atoms with E-state index in [1.807, 2.05) is 56.3 Å². The molecule has 1 saturated heterocycles. The van der Waals surface area contributed by atoms with Gasteiger partial charge < -0.3 is 9.80 Å². The Morgan fingerprint density at radius 3 is 2.41 bits per heavy atom. The van der Waals surface area contributed by atoms with Crippen molar-refractivity contribution in [3.8, 4) is 11.1 Å². The summed E-state index contributed by atoms with van der Waals surface area (Å²) in [6.45, 7) is 3.28. The van der Waals surface area contributed by atoms with E-state index in [9.17, 15) is 9.59 Å². The molecule has 29 heavy (non-hydrogen) atoms. The van der Waals surface area contributed by atoms with Gasteiger partial charge in [0.05, 0.1) is 5.41 Å². The summed E-state index contributed by atoms with van der Waals surface area (Å²) in [5.41, 5.74) is 2.91. The largest absolute Gasteiger partial charge is 0.348 e. The molecule has 1 atom stereocenters. The summed E-state index contributed by atoms with van der Waals surface area (Å²) in [6.07, 6.45) is 3.70. The molecule has 1 fully saturated rings. The maximum Gasteiger partial charge on any atom is 0.230 e. The van der Waals surface area contributed by atoms with Crippen LogP contribution in [0.15, 0.2) is 54.6 Å². The first-order chi connectivity index (χ1) is 14.0. The predicted octanol–water partition coefficient (Wildman–Crippen LogP) is 4.39. The van der Waals surface area contributed by atoms with Gasteiger partial charge in [0.2, 0.25) is 11.8 Å². The Labute approximate surface area is 174 Å². The normalized spacial score (nSPS) is 19.1. The van der Waals surface area contributed by atoms with Gasteiger partial charge in [0.25, 0.3) is 0 Å². The van der Waals surface area contributed by atoms with E-state index in [1.165, 1.54) is 5.56 Å². The second kappa shape index (κ2) is 9.25. The zero-order chi connectivity index (χ0) is 20.9. The molecule has 4 nitrogen and oxygen atoms in total. The molecule has 0 unspecified atom stereocenters. The number of nitrogens with zero attached hydrogens (tertiary/aromatic N) is 2. The highest BCUT2D eigenvalue weighted by Crippen LogP contribution is 2.38. The van der Waals surface area contributed by atoms with Gasteiger partial charge in [-0.15, -0.1) is 0 Å². The summed E-state index contributed by atoms with van der Waals surface area (Å²) in [5, 5.41) is 0. The number of piperidine rings is 1. The molecule has 4 heteroatoms.